The van der Waals surface area contributed by atoms with Gasteiger partial charge in [0.15, 0.2) is 5.69 Å². The number of esters is 1. The van der Waals surface area contributed by atoms with Gasteiger partial charge < -0.3 is 10.1 Å². The molecule has 0 aliphatic rings. The summed E-state index contributed by atoms with van der Waals surface area (Å²) in [7, 11) is 0. The summed E-state index contributed by atoms with van der Waals surface area (Å²) in [6.07, 6.45) is -9.84. The number of halogens is 6. The van der Waals surface area contributed by atoms with Crippen molar-refractivity contribution in [1.29, 1.82) is 0 Å². The predicted octanol–water partition coefficient (Wildman–Crippen LogP) is 5.66. The number of benzene rings is 1. The summed E-state index contributed by atoms with van der Waals surface area (Å²) >= 11 is 0. The van der Waals surface area contributed by atoms with Crippen LogP contribution in [-0.4, -0.2) is 23.1 Å². The van der Waals surface area contributed by atoms with Gasteiger partial charge in [0.1, 0.15) is 5.56 Å². The molecular weight excluding hydrogens is 390 g/mol. The SMILES string of the molecule is CCOC(=O)c1c(C(F)(F)F)nc2cc(C(F)(F)F)ccc2c1NC(C)(C)C. The molecule has 1 N–H and O–H groups in total. The molecule has 0 spiro atoms. The number of carbonyl (C=O) groups excluding carboxylic acids is 1. The van der Waals surface area contributed by atoms with Gasteiger partial charge in [-0.1, -0.05) is 6.07 Å². The van der Waals surface area contributed by atoms with Crippen LogP contribution < -0.4 is 5.32 Å². The molecular formula is C18H18F6N2O2. The van der Waals surface area contributed by atoms with Crippen LogP contribution in [0.1, 0.15) is 49.3 Å². The number of pyridine rings is 1. The summed E-state index contributed by atoms with van der Waals surface area (Å²) < 4.78 is 84.5. The maximum Gasteiger partial charge on any atom is 0.434 e. The van der Waals surface area contributed by atoms with Gasteiger partial charge in [-0.3, -0.25) is 0 Å². The molecule has 28 heavy (non-hydrogen) atoms. The second-order valence-electron chi connectivity index (χ2n) is 7.03. The Morgan fingerprint density at radius 1 is 1.07 bits per heavy atom. The zero-order chi connectivity index (χ0) is 21.5. The van der Waals surface area contributed by atoms with Crippen molar-refractivity contribution >= 4 is 22.6 Å². The Bertz CT molecular complexity index is 898. The molecule has 2 aromatic rings. The van der Waals surface area contributed by atoms with Gasteiger partial charge in [-0.2, -0.15) is 26.3 Å². The highest BCUT2D eigenvalue weighted by molar-refractivity contribution is 6.06. The van der Waals surface area contributed by atoms with Gasteiger partial charge in [0.25, 0.3) is 0 Å². The normalized spacial score (nSPS) is 12.9. The smallest absolute Gasteiger partial charge is 0.434 e. The first kappa shape index (κ1) is 21.8. The van der Waals surface area contributed by atoms with Crippen LogP contribution in [0.2, 0.25) is 0 Å². The van der Waals surface area contributed by atoms with Gasteiger partial charge in [-0.05, 0) is 39.8 Å². The molecule has 0 saturated carbocycles. The second-order valence-corrected chi connectivity index (χ2v) is 7.03. The summed E-state index contributed by atoms with van der Waals surface area (Å²) in [4.78, 5) is 15.7. The van der Waals surface area contributed by atoms with Crippen molar-refractivity contribution in [3.05, 3.63) is 35.0 Å². The second kappa shape index (κ2) is 7.14. The first-order valence-electron chi connectivity index (χ1n) is 8.22. The van der Waals surface area contributed by atoms with E-state index < -0.39 is 46.2 Å². The molecule has 0 unspecified atom stereocenters. The van der Waals surface area contributed by atoms with Crippen molar-refractivity contribution in [2.75, 3.05) is 11.9 Å². The fourth-order valence-electron chi connectivity index (χ4n) is 2.55. The molecule has 10 heteroatoms. The Kier molecular flexibility index (Phi) is 5.55. The van der Waals surface area contributed by atoms with E-state index in [0.29, 0.717) is 6.07 Å². The lowest BCUT2D eigenvalue weighted by Crippen LogP contribution is -2.29. The summed E-state index contributed by atoms with van der Waals surface area (Å²) in [6, 6.07) is 2.23. The molecule has 0 aliphatic heterocycles. The van der Waals surface area contributed by atoms with Crippen LogP contribution in [0.4, 0.5) is 32.0 Å². The number of ether oxygens (including phenoxy) is 1. The van der Waals surface area contributed by atoms with E-state index in [-0.39, 0.29) is 17.7 Å². The third-order valence-corrected chi connectivity index (χ3v) is 3.56. The first-order valence-corrected chi connectivity index (χ1v) is 8.22. The fraction of sp³-hybridized carbons (Fsp3) is 0.444. The van der Waals surface area contributed by atoms with Crippen LogP contribution >= 0.6 is 0 Å². The molecule has 0 fully saturated rings. The summed E-state index contributed by atoms with van der Waals surface area (Å²) in [5.74, 6) is -1.27. The lowest BCUT2D eigenvalue weighted by atomic mass is 10.00. The van der Waals surface area contributed by atoms with Crippen LogP contribution in [0.5, 0.6) is 0 Å². The molecule has 1 aromatic carbocycles. The molecule has 1 heterocycles. The largest absolute Gasteiger partial charge is 0.462 e. The maximum absolute atomic E-state index is 13.6. The van der Waals surface area contributed by atoms with Crippen LogP contribution in [0.15, 0.2) is 18.2 Å². The molecule has 0 radical (unpaired) electrons. The van der Waals surface area contributed by atoms with Gasteiger partial charge in [-0.25, -0.2) is 9.78 Å². The number of anilines is 1. The van der Waals surface area contributed by atoms with Gasteiger partial charge in [-0.15, -0.1) is 0 Å². The molecule has 4 nitrogen and oxygen atoms in total. The van der Waals surface area contributed by atoms with Crippen LogP contribution in [0.25, 0.3) is 10.9 Å². The van der Waals surface area contributed by atoms with Crippen LogP contribution in [-0.2, 0) is 17.1 Å². The third-order valence-electron chi connectivity index (χ3n) is 3.56. The van der Waals surface area contributed by atoms with Gasteiger partial charge in [0, 0.05) is 10.9 Å². The minimum absolute atomic E-state index is 0.0565. The van der Waals surface area contributed by atoms with E-state index in [0.717, 1.165) is 12.1 Å². The molecule has 0 atom stereocenters. The first-order chi connectivity index (χ1) is 12.6. The molecule has 0 saturated heterocycles. The number of carbonyl (C=O) groups is 1. The fourth-order valence-corrected chi connectivity index (χ4v) is 2.55. The van der Waals surface area contributed by atoms with Crippen LogP contribution in [0.3, 0.4) is 0 Å². The molecule has 0 bridgehead atoms. The van der Waals surface area contributed by atoms with Crippen molar-refractivity contribution in [3.8, 4) is 0 Å². The minimum Gasteiger partial charge on any atom is -0.462 e. The Balaban J connectivity index is 2.96. The number of hydrogen-bond acceptors (Lipinski definition) is 4. The Labute approximate surface area is 156 Å². The number of nitrogens with zero attached hydrogens (tertiary/aromatic N) is 1. The van der Waals surface area contributed by atoms with E-state index in [1.807, 2.05) is 0 Å². The number of aromatic nitrogens is 1. The molecule has 1 aromatic heterocycles. The summed E-state index contributed by atoms with van der Waals surface area (Å²) in [6.45, 7) is 6.13. The number of alkyl halides is 6. The standard InChI is InChI=1S/C18H18F6N2O2/c1-5-28-15(27)12-13(26-16(2,3)4)10-7-6-9(17(19,20)21)8-11(10)25-14(12)18(22,23)24/h6-8H,5H2,1-4H3,(H,25,26). The highest BCUT2D eigenvalue weighted by Gasteiger charge is 2.41. The van der Waals surface area contributed by atoms with Gasteiger partial charge in [0.05, 0.1) is 23.4 Å². The topological polar surface area (TPSA) is 51.2 Å². The predicted molar refractivity (Wildman–Crippen MR) is 91.1 cm³/mol. The quantitative estimate of drug-likeness (QED) is 0.526. The summed E-state index contributed by atoms with van der Waals surface area (Å²) in [5, 5.41) is 2.72. The number of rotatable bonds is 3. The monoisotopic (exact) mass is 408 g/mol. The molecule has 154 valence electrons. The van der Waals surface area contributed by atoms with Gasteiger partial charge in [0.2, 0.25) is 0 Å². The average Bonchev–Trinajstić information content (AvgIpc) is 2.51. The zero-order valence-corrected chi connectivity index (χ0v) is 15.5. The lowest BCUT2D eigenvalue weighted by Gasteiger charge is -2.26. The Morgan fingerprint density at radius 3 is 2.14 bits per heavy atom. The highest BCUT2D eigenvalue weighted by Crippen LogP contribution is 2.40. The van der Waals surface area contributed by atoms with Crippen molar-refractivity contribution in [2.24, 2.45) is 0 Å². The van der Waals surface area contributed by atoms with E-state index >= 15 is 0 Å². The van der Waals surface area contributed by atoms with Crippen molar-refractivity contribution in [3.63, 3.8) is 0 Å². The minimum atomic E-state index is -5.08. The third kappa shape index (κ3) is 4.66. The number of fused-ring (bicyclic) bond motifs is 1. The average molecular weight is 408 g/mol. The maximum atomic E-state index is 13.6. The Hall–Kier alpha value is -2.52. The lowest BCUT2D eigenvalue weighted by molar-refractivity contribution is -0.141. The van der Waals surface area contributed by atoms with Crippen molar-refractivity contribution in [2.45, 2.75) is 45.6 Å². The summed E-state index contributed by atoms with van der Waals surface area (Å²) in [5.41, 5.74) is -5.24. The molecule has 0 aliphatic carbocycles. The van der Waals surface area contributed by atoms with E-state index in [1.54, 1.807) is 20.8 Å². The van der Waals surface area contributed by atoms with Gasteiger partial charge >= 0.3 is 18.3 Å². The molecule has 0 amide bonds. The van der Waals surface area contributed by atoms with E-state index in [9.17, 15) is 31.1 Å². The number of hydrogen-bond donors (Lipinski definition) is 1. The van der Waals surface area contributed by atoms with Crippen LogP contribution in [0, 0.1) is 0 Å². The molecule has 2 rings (SSSR count). The van der Waals surface area contributed by atoms with E-state index in [1.165, 1.54) is 6.92 Å². The number of nitrogens with one attached hydrogen (secondary N) is 1. The van der Waals surface area contributed by atoms with E-state index in [4.69, 9.17) is 4.74 Å². The van der Waals surface area contributed by atoms with Crippen molar-refractivity contribution in [1.82, 2.24) is 4.98 Å². The van der Waals surface area contributed by atoms with E-state index in [2.05, 4.69) is 10.3 Å². The Morgan fingerprint density at radius 2 is 1.68 bits per heavy atom. The highest BCUT2D eigenvalue weighted by atomic mass is 19.4. The zero-order valence-electron chi connectivity index (χ0n) is 15.5. The van der Waals surface area contributed by atoms with Crippen molar-refractivity contribution < 1.29 is 35.9 Å².